The van der Waals surface area contributed by atoms with Gasteiger partial charge in [0.25, 0.3) is 5.56 Å². The molecule has 0 aliphatic heterocycles. The predicted octanol–water partition coefficient (Wildman–Crippen LogP) is 3.31. The standard InChI is InChI=1S/C25H28N6O3S/c1-15(2)26-21(32)11-12-30-23(34)18-7-5-6-8-20(18)31-24(30)28-29-25(31)35-14-22(33)27-19-13-16(3)9-10-17(19)4/h5-10,13,15H,11-12,14H2,1-4H3,(H,26,32)(H,27,33). The topological polar surface area (TPSA) is 110 Å². The van der Waals surface area contributed by atoms with Crippen molar-refractivity contribution < 1.29 is 9.59 Å². The van der Waals surface area contributed by atoms with E-state index in [0.29, 0.717) is 21.8 Å². The van der Waals surface area contributed by atoms with Gasteiger partial charge in [-0.3, -0.25) is 23.4 Å². The average molecular weight is 493 g/mol. The summed E-state index contributed by atoms with van der Waals surface area (Å²) >= 11 is 1.24. The van der Waals surface area contributed by atoms with E-state index in [1.165, 1.54) is 16.3 Å². The molecule has 0 fully saturated rings. The van der Waals surface area contributed by atoms with Gasteiger partial charge in [0.05, 0.1) is 16.7 Å². The SMILES string of the molecule is Cc1ccc(C)c(NC(=O)CSc2nnc3n(CCC(=O)NC(C)C)c(=O)c4ccccc4n23)c1. The molecule has 0 spiro atoms. The van der Waals surface area contributed by atoms with Crippen LogP contribution in [0.5, 0.6) is 0 Å². The van der Waals surface area contributed by atoms with Gasteiger partial charge in [0.1, 0.15) is 0 Å². The number of carbonyl (C=O) groups is 2. The van der Waals surface area contributed by atoms with Crippen LogP contribution in [0.25, 0.3) is 16.7 Å². The maximum absolute atomic E-state index is 13.2. The van der Waals surface area contributed by atoms with Crippen LogP contribution in [0.2, 0.25) is 0 Å². The molecule has 35 heavy (non-hydrogen) atoms. The molecule has 0 radical (unpaired) electrons. The largest absolute Gasteiger partial charge is 0.354 e. The number of thioether (sulfide) groups is 1. The number of para-hydroxylation sites is 1. The summed E-state index contributed by atoms with van der Waals surface area (Å²) in [5.74, 6) is 0.153. The van der Waals surface area contributed by atoms with Gasteiger partial charge in [-0.05, 0) is 57.0 Å². The lowest BCUT2D eigenvalue weighted by molar-refractivity contribution is -0.121. The summed E-state index contributed by atoms with van der Waals surface area (Å²) in [6.07, 6.45) is 0.139. The fourth-order valence-electron chi connectivity index (χ4n) is 3.82. The van der Waals surface area contributed by atoms with E-state index in [4.69, 9.17) is 0 Å². The first-order chi connectivity index (χ1) is 16.7. The molecular weight excluding hydrogens is 464 g/mol. The molecule has 0 unspecified atom stereocenters. The van der Waals surface area contributed by atoms with Crippen LogP contribution in [0, 0.1) is 13.8 Å². The summed E-state index contributed by atoms with van der Waals surface area (Å²) in [6, 6.07) is 13.1. The van der Waals surface area contributed by atoms with E-state index in [0.717, 1.165) is 16.8 Å². The third-order valence-corrected chi connectivity index (χ3v) is 6.42. The van der Waals surface area contributed by atoms with Crippen LogP contribution in [-0.2, 0) is 16.1 Å². The van der Waals surface area contributed by atoms with E-state index < -0.39 is 0 Å². The number of anilines is 1. The normalized spacial score (nSPS) is 11.3. The molecule has 0 aliphatic rings. The van der Waals surface area contributed by atoms with Crippen molar-refractivity contribution in [3.8, 4) is 0 Å². The molecule has 0 saturated heterocycles. The highest BCUT2D eigenvalue weighted by atomic mass is 32.2. The van der Waals surface area contributed by atoms with Gasteiger partial charge >= 0.3 is 0 Å². The van der Waals surface area contributed by atoms with Crippen molar-refractivity contribution in [2.24, 2.45) is 0 Å². The first kappa shape index (κ1) is 24.5. The Balaban J connectivity index is 1.62. The van der Waals surface area contributed by atoms with Crippen molar-refractivity contribution in [2.45, 2.75) is 51.9 Å². The van der Waals surface area contributed by atoms with Crippen LogP contribution in [0.15, 0.2) is 52.4 Å². The van der Waals surface area contributed by atoms with E-state index in [1.54, 1.807) is 16.5 Å². The Labute approximate surface area is 206 Å². The van der Waals surface area contributed by atoms with Crippen LogP contribution in [0.4, 0.5) is 5.69 Å². The molecule has 2 N–H and O–H groups in total. The van der Waals surface area contributed by atoms with Crippen molar-refractivity contribution in [3.05, 3.63) is 63.9 Å². The van der Waals surface area contributed by atoms with Crippen molar-refractivity contribution in [2.75, 3.05) is 11.1 Å². The Bertz CT molecular complexity index is 1470. The summed E-state index contributed by atoms with van der Waals surface area (Å²) in [5.41, 5.74) is 3.24. The lowest BCUT2D eigenvalue weighted by Crippen LogP contribution is -2.32. The summed E-state index contributed by atoms with van der Waals surface area (Å²) in [4.78, 5) is 38.1. The zero-order valence-electron chi connectivity index (χ0n) is 20.2. The Morgan fingerprint density at radius 1 is 1.06 bits per heavy atom. The first-order valence-corrected chi connectivity index (χ1v) is 12.4. The van der Waals surface area contributed by atoms with Crippen molar-refractivity contribution >= 4 is 45.9 Å². The predicted molar refractivity (Wildman–Crippen MR) is 138 cm³/mol. The number of aryl methyl sites for hydroxylation is 3. The molecule has 10 heteroatoms. The number of nitrogens with one attached hydrogen (secondary N) is 2. The minimum Gasteiger partial charge on any atom is -0.354 e. The van der Waals surface area contributed by atoms with E-state index in [-0.39, 0.29) is 42.1 Å². The Hall–Kier alpha value is -3.66. The highest BCUT2D eigenvalue weighted by Crippen LogP contribution is 2.23. The molecular formula is C25H28N6O3S. The highest BCUT2D eigenvalue weighted by molar-refractivity contribution is 7.99. The summed E-state index contributed by atoms with van der Waals surface area (Å²) in [5, 5.41) is 15.3. The number of carbonyl (C=O) groups excluding carboxylic acids is 2. The highest BCUT2D eigenvalue weighted by Gasteiger charge is 2.18. The molecule has 4 aromatic rings. The number of hydrogen-bond donors (Lipinski definition) is 2. The zero-order valence-corrected chi connectivity index (χ0v) is 21.0. The van der Waals surface area contributed by atoms with Crippen LogP contribution < -0.4 is 16.2 Å². The summed E-state index contributed by atoms with van der Waals surface area (Å²) in [7, 11) is 0. The van der Waals surface area contributed by atoms with Gasteiger partial charge in [0.2, 0.25) is 17.6 Å². The number of amides is 2. The second-order valence-corrected chi connectivity index (χ2v) is 9.66. The van der Waals surface area contributed by atoms with Crippen molar-refractivity contribution in [1.82, 2.24) is 24.5 Å². The second kappa shape index (κ2) is 10.3. The minimum atomic E-state index is -0.234. The molecule has 4 rings (SSSR count). The Kier molecular flexibility index (Phi) is 7.20. The summed E-state index contributed by atoms with van der Waals surface area (Å²) < 4.78 is 3.24. The number of aromatic nitrogens is 4. The second-order valence-electron chi connectivity index (χ2n) is 8.72. The molecule has 2 aromatic carbocycles. The van der Waals surface area contributed by atoms with Crippen LogP contribution >= 0.6 is 11.8 Å². The lowest BCUT2D eigenvalue weighted by atomic mass is 10.1. The number of hydrogen-bond acceptors (Lipinski definition) is 6. The van der Waals surface area contributed by atoms with Crippen LogP contribution in [0.1, 0.15) is 31.4 Å². The molecule has 2 amide bonds. The Morgan fingerprint density at radius 3 is 2.60 bits per heavy atom. The fourth-order valence-corrected chi connectivity index (χ4v) is 4.56. The number of rotatable bonds is 8. The van der Waals surface area contributed by atoms with E-state index in [9.17, 15) is 14.4 Å². The number of benzene rings is 2. The van der Waals surface area contributed by atoms with Crippen molar-refractivity contribution in [1.29, 1.82) is 0 Å². The molecule has 2 aromatic heterocycles. The molecule has 0 bridgehead atoms. The molecule has 0 aliphatic carbocycles. The third-order valence-electron chi connectivity index (χ3n) is 5.49. The molecule has 9 nitrogen and oxygen atoms in total. The van der Waals surface area contributed by atoms with Crippen molar-refractivity contribution in [3.63, 3.8) is 0 Å². The molecule has 2 heterocycles. The maximum Gasteiger partial charge on any atom is 0.262 e. The molecule has 0 saturated carbocycles. The Morgan fingerprint density at radius 2 is 1.83 bits per heavy atom. The van der Waals surface area contributed by atoms with Gasteiger partial charge in [-0.15, -0.1) is 10.2 Å². The van der Waals surface area contributed by atoms with E-state index in [1.807, 2.05) is 58.0 Å². The smallest absolute Gasteiger partial charge is 0.262 e. The molecule has 0 atom stereocenters. The van der Waals surface area contributed by atoms with Gasteiger partial charge in [-0.25, -0.2) is 0 Å². The van der Waals surface area contributed by atoms with E-state index in [2.05, 4.69) is 20.8 Å². The van der Waals surface area contributed by atoms with Gasteiger partial charge in [-0.1, -0.05) is 36.0 Å². The van der Waals surface area contributed by atoms with Crippen LogP contribution in [-0.4, -0.2) is 42.8 Å². The summed E-state index contributed by atoms with van der Waals surface area (Å²) in [6.45, 7) is 7.86. The minimum absolute atomic E-state index is 0.0154. The lowest BCUT2D eigenvalue weighted by Gasteiger charge is -2.12. The van der Waals surface area contributed by atoms with Gasteiger partial charge in [0.15, 0.2) is 5.16 Å². The van der Waals surface area contributed by atoms with E-state index >= 15 is 0 Å². The quantitative estimate of drug-likeness (QED) is 0.365. The fraction of sp³-hybridized carbons (Fsp3) is 0.320. The van der Waals surface area contributed by atoms with Crippen LogP contribution in [0.3, 0.4) is 0 Å². The van der Waals surface area contributed by atoms with Gasteiger partial charge in [-0.2, -0.15) is 0 Å². The maximum atomic E-state index is 13.2. The van der Waals surface area contributed by atoms with Gasteiger partial charge in [0, 0.05) is 24.7 Å². The zero-order chi connectivity index (χ0) is 25.1. The monoisotopic (exact) mass is 492 g/mol. The third kappa shape index (κ3) is 5.37. The van der Waals surface area contributed by atoms with Gasteiger partial charge < -0.3 is 10.6 Å². The first-order valence-electron chi connectivity index (χ1n) is 11.4. The average Bonchev–Trinajstić information content (AvgIpc) is 3.23. The number of fused-ring (bicyclic) bond motifs is 3. The number of nitrogens with zero attached hydrogens (tertiary/aromatic N) is 4. The molecule has 182 valence electrons.